The van der Waals surface area contributed by atoms with Crippen molar-refractivity contribution in [1.29, 1.82) is 0 Å². The summed E-state index contributed by atoms with van der Waals surface area (Å²) in [6.07, 6.45) is 0.701. The molecule has 0 saturated carbocycles. The molecule has 1 aromatic heterocycles. The van der Waals surface area contributed by atoms with Crippen molar-refractivity contribution in [2.45, 2.75) is 46.4 Å². The highest BCUT2D eigenvalue weighted by Gasteiger charge is 2.25. The number of aliphatic hydroxyl groups is 1. The van der Waals surface area contributed by atoms with Gasteiger partial charge in [-0.2, -0.15) is 4.98 Å². The van der Waals surface area contributed by atoms with Gasteiger partial charge in [0.15, 0.2) is 6.61 Å². The maximum atomic E-state index is 9.96. The largest absolute Gasteiger partial charge is 0.485 e. The molecule has 1 aliphatic heterocycles. The third kappa shape index (κ3) is 4.33. The molecule has 1 aromatic carbocycles. The molecule has 1 N–H and O–H groups in total. The van der Waals surface area contributed by atoms with Gasteiger partial charge in [0.2, 0.25) is 11.7 Å². The van der Waals surface area contributed by atoms with Crippen LogP contribution in [-0.4, -0.2) is 39.3 Å². The van der Waals surface area contributed by atoms with E-state index in [0.29, 0.717) is 30.7 Å². The van der Waals surface area contributed by atoms with Crippen molar-refractivity contribution in [2.75, 3.05) is 13.1 Å². The number of likely N-dealkylation sites (tertiary alicyclic amines) is 1. The van der Waals surface area contributed by atoms with Crippen molar-refractivity contribution in [1.82, 2.24) is 15.0 Å². The van der Waals surface area contributed by atoms with Gasteiger partial charge in [0.05, 0.1) is 12.6 Å². The standard InChI is InChI=1S/C18H25N3O3/c1-12-6-13(2)8-15(7-12)23-11-17-19-18(24-20-17)10-21-5-4-14(3)16(22)9-21/h6-8,14,16,22H,4-5,9-11H2,1-3H3. The Bertz CT molecular complexity index is 666. The van der Waals surface area contributed by atoms with Crippen LogP contribution in [0.4, 0.5) is 0 Å². The van der Waals surface area contributed by atoms with E-state index in [1.165, 1.54) is 0 Å². The van der Waals surface area contributed by atoms with Crippen LogP contribution >= 0.6 is 0 Å². The van der Waals surface area contributed by atoms with Gasteiger partial charge in [0, 0.05) is 6.54 Å². The number of aromatic nitrogens is 2. The molecule has 130 valence electrons. The molecule has 24 heavy (non-hydrogen) atoms. The van der Waals surface area contributed by atoms with Gasteiger partial charge in [-0.25, -0.2) is 0 Å². The van der Waals surface area contributed by atoms with Crippen LogP contribution in [0.3, 0.4) is 0 Å². The second kappa shape index (κ2) is 7.32. The summed E-state index contributed by atoms with van der Waals surface area (Å²) in [5, 5.41) is 13.9. The van der Waals surface area contributed by atoms with Crippen LogP contribution in [-0.2, 0) is 13.2 Å². The molecule has 6 heteroatoms. The smallest absolute Gasteiger partial charge is 0.240 e. The van der Waals surface area contributed by atoms with Crippen LogP contribution in [0, 0.1) is 19.8 Å². The third-order valence-corrected chi connectivity index (χ3v) is 4.43. The first-order valence-electron chi connectivity index (χ1n) is 8.42. The fourth-order valence-corrected chi connectivity index (χ4v) is 3.03. The van der Waals surface area contributed by atoms with Gasteiger partial charge in [-0.1, -0.05) is 18.1 Å². The Morgan fingerprint density at radius 1 is 1.29 bits per heavy atom. The molecule has 0 amide bonds. The van der Waals surface area contributed by atoms with Crippen LogP contribution in [0.15, 0.2) is 22.7 Å². The number of β-amino-alcohol motifs (C(OH)–C–C–N with tert-alkyl or cyclic N) is 1. The first-order chi connectivity index (χ1) is 11.5. The Morgan fingerprint density at radius 3 is 2.75 bits per heavy atom. The minimum atomic E-state index is -0.283. The lowest BCUT2D eigenvalue weighted by molar-refractivity contribution is 0.0220. The van der Waals surface area contributed by atoms with Gasteiger partial charge >= 0.3 is 0 Å². The minimum absolute atomic E-state index is 0.283. The number of hydrogen-bond acceptors (Lipinski definition) is 6. The second-order valence-corrected chi connectivity index (χ2v) is 6.78. The Kier molecular flexibility index (Phi) is 5.16. The van der Waals surface area contributed by atoms with E-state index in [1.807, 2.05) is 26.0 Å². The van der Waals surface area contributed by atoms with Gasteiger partial charge in [0.1, 0.15) is 5.75 Å². The molecule has 2 heterocycles. The average molecular weight is 331 g/mol. The van der Waals surface area contributed by atoms with Crippen molar-refractivity contribution in [2.24, 2.45) is 5.92 Å². The van der Waals surface area contributed by atoms with E-state index in [9.17, 15) is 5.11 Å². The molecule has 0 radical (unpaired) electrons. The fourth-order valence-electron chi connectivity index (χ4n) is 3.03. The Labute approximate surface area is 142 Å². The van der Waals surface area contributed by atoms with E-state index in [0.717, 1.165) is 29.8 Å². The summed E-state index contributed by atoms with van der Waals surface area (Å²) in [5.41, 5.74) is 2.33. The summed E-state index contributed by atoms with van der Waals surface area (Å²) in [6, 6.07) is 6.09. The number of nitrogens with zero attached hydrogens (tertiary/aromatic N) is 3. The van der Waals surface area contributed by atoms with E-state index >= 15 is 0 Å². The molecule has 2 unspecified atom stereocenters. The zero-order chi connectivity index (χ0) is 17.1. The summed E-state index contributed by atoms with van der Waals surface area (Å²) >= 11 is 0. The molecule has 3 rings (SSSR count). The fraction of sp³-hybridized carbons (Fsp3) is 0.556. The van der Waals surface area contributed by atoms with E-state index in [1.54, 1.807) is 0 Å². The maximum absolute atomic E-state index is 9.96. The quantitative estimate of drug-likeness (QED) is 0.907. The van der Waals surface area contributed by atoms with Crippen molar-refractivity contribution in [3.63, 3.8) is 0 Å². The summed E-state index contributed by atoms with van der Waals surface area (Å²) < 4.78 is 11.1. The highest BCUT2D eigenvalue weighted by Crippen LogP contribution is 2.19. The summed E-state index contributed by atoms with van der Waals surface area (Å²) in [5.74, 6) is 2.27. The summed E-state index contributed by atoms with van der Waals surface area (Å²) in [6.45, 7) is 8.61. The van der Waals surface area contributed by atoms with Gasteiger partial charge in [-0.15, -0.1) is 0 Å². The minimum Gasteiger partial charge on any atom is -0.485 e. The van der Waals surface area contributed by atoms with Crippen molar-refractivity contribution in [3.8, 4) is 5.75 Å². The molecule has 0 spiro atoms. The first kappa shape index (κ1) is 16.9. The van der Waals surface area contributed by atoms with Gasteiger partial charge in [-0.05, 0) is 56.0 Å². The monoisotopic (exact) mass is 331 g/mol. The lowest BCUT2D eigenvalue weighted by atomic mass is 9.96. The van der Waals surface area contributed by atoms with Gasteiger partial charge in [-0.3, -0.25) is 4.90 Å². The Morgan fingerprint density at radius 2 is 2.04 bits per heavy atom. The average Bonchev–Trinajstić information content (AvgIpc) is 2.96. The number of aliphatic hydroxyl groups excluding tert-OH is 1. The molecule has 0 aliphatic carbocycles. The van der Waals surface area contributed by atoms with Crippen molar-refractivity contribution < 1.29 is 14.4 Å². The maximum Gasteiger partial charge on any atom is 0.240 e. The lowest BCUT2D eigenvalue weighted by Crippen LogP contribution is -2.42. The SMILES string of the molecule is Cc1cc(C)cc(OCc2noc(CN3CCC(C)C(O)C3)n2)c1. The first-order valence-corrected chi connectivity index (χ1v) is 8.42. The molecular weight excluding hydrogens is 306 g/mol. The number of piperidine rings is 1. The van der Waals surface area contributed by atoms with Gasteiger partial charge in [0.25, 0.3) is 0 Å². The third-order valence-electron chi connectivity index (χ3n) is 4.43. The van der Waals surface area contributed by atoms with E-state index < -0.39 is 0 Å². The number of benzene rings is 1. The van der Waals surface area contributed by atoms with Crippen LogP contribution in [0.2, 0.25) is 0 Å². The molecule has 0 bridgehead atoms. The van der Waals surface area contributed by atoms with Gasteiger partial charge < -0.3 is 14.4 Å². The summed E-state index contributed by atoms with van der Waals surface area (Å²) in [7, 11) is 0. The second-order valence-electron chi connectivity index (χ2n) is 6.78. The van der Waals surface area contributed by atoms with Crippen LogP contribution < -0.4 is 4.74 Å². The van der Waals surface area contributed by atoms with E-state index in [2.05, 4.69) is 28.0 Å². The molecule has 1 aliphatic rings. The van der Waals surface area contributed by atoms with Crippen LogP contribution in [0.1, 0.15) is 36.2 Å². The van der Waals surface area contributed by atoms with E-state index in [4.69, 9.17) is 9.26 Å². The number of rotatable bonds is 5. The summed E-state index contributed by atoms with van der Waals surface area (Å²) in [4.78, 5) is 6.53. The Hall–Kier alpha value is -1.92. The lowest BCUT2D eigenvalue weighted by Gasteiger charge is -2.33. The topological polar surface area (TPSA) is 71.6 Å². The Balaban J connectivity index is 1.54. The van der Waals surface area contributed by atoms with Crippen LogP contribution in [0.5, 0.6) is 5.75 Å². The zero-order valence-corrected chi connectivity index (χ0v) is 14.5. The van der Waals surface area contributed by atoms with Crippen molar-refractivity contribution >= 4 is 0 Å². The highest BCUT2D eigenvalue weighted by atomic mass is 16.5. The predicted molar refractivity (Wildman–Crippen MR) is 89.6 cm³/mol. The van der Waals surface area contributed by atoms with Crippen molar-refractivity contribution in [3.05, 3.63) is 41.0 Å². The number of hydrogen-bond donors (Lipinski definition) is 1. The van der Waals surface area contributed by atoms with E-state index in [-0.39, 0.29) is 12.7 Å². The zero-order valence-electron chi connectivity index (χ0n) is 14.5. The molecule has 1 fully saturated rings. The predicted octanol–water partition coefficient (Wildman–Crippen LogP) is 2.47. The molecule has 6 nitrogen and oxygen atoms in total. The van der Waals surface area contributed by atoms with Crippen LogP contribution in [0.25, 0.3) is 0 Å². The molecular formula is C18H25N3O3. The number of aryl methyl sites for hydroxylation is 2. The number of ether oxygens (including phenoxy) is 1. The molecule has 2 aromatic rings. The normalized spacial score (nSPS) is 21.8. The highest BCUT2D eigenvalue weighted by molar-refractivity contribution is 5.32. The molecule has 2 atom stereocenters. The molecule has 1 saturated heterocycles.